The van der Waals surface area contributed by atoms with Crippen molar-refractivity contribution in [3.63, 3.8) is 0 Å². The Morgan fingerprint density at radius 3 is 2.42 bits per heavy atom. The quantitative estimate of drug-likeness (QED) is 0.352. The molecule has 0 fully saturated rings. The highest BCUT2D eigenvalue weighted by atomic mass is 15.2. The van der Waals surface area contributed by atoms with Crippen LogP contribution in [-0.4, -0.2) is 17.3 Å². The molecular formula is C31H36N2. The van der Waals surface area contributed by atoms with Gasteiger partial charge in [-0.15, -0.1) is 0 Å². The molecule has 0 amide bonds. The summed E-state index contributed by atoms with van der Waals surface area (Å²) in [5.41, 5.74) is 9.72. The second kappa shape index (κ2) is 9.79. The number of hydrogen-bond acceptors (Lipinski definition) is 1. The first-order valence-electron chi connectivity index (χ1n) is 12.1. The lowest BCUT2D eigenvalue weighted by Gasteiger charge is -2.31. The minimum atomic E-state index is 0.0266. The van der Waals surface area contributed by atoms with Gasteiger partial charge in [0.25, 0.3) is 0 Å². The molecule has 0 bridgehead atoms. The van der Waals surface area contributed by atoms with E-state index in [9.17, 15) is 0 Å². The van der Waals surface area contributed by atoms with Gasteiger partial charge in [0, 0.05) is 23.2 Å². The van der Waals surface area contributed by atoms with Crippen LogP contribution in [0.3, 0.4) is 0 Å². The lowest BCUT2D eigenvalue weighted by atomic mass is 9.80. The van der Waals surface area contributed by atoms with E-state index < -0.39 is 0 Å². The Balaban J connectivity index is 1.87. The maximum absolute atomic E-state index is 5.05. The zero-order valence-electron chi connectivity index (χ0n) is 20.7. The van der Waals surface area contributed by atoms with Gasteiger partial charge in [-0.1, -0.05) is 105 Å². The van der Waals surface area contributed by atoms with E-state index in [1.807, 2.05) is 0 Å². The summed E-state index contributed by atoms with van der Waals surface area (Å²) in [5.74, 6) is 1.06. The molecule has 1 aliphatic heterocycles. The van der Waals surface area contributed by atoms with Crippen molar-refractivity contribution in [3.05, 3.63) is 112 Å². The molecule has 0 radical (unpaired) electrons. The summed E-state index contributed by atoms with van der Waals surface area (Å²) in [6.07, 6.45) is 10.8. The van der Waals surface area contributed by atoms with Crippen molar-refractivity contribution in [3.8, 4) is 0 Å². The van der Waals surface area contributed by atoms with E-state index in [-0.39, 0.29) is 5.41 Å². The smallest absolute Gasteiger partial charge is 0.101 e. The van der Waals surface area contributed by atoms with Crippen LogP contribution in [0.4, 0.5) is 0 Å². The summed E-state index contributed by atoms with van der Waals surface area (Å²) >= 11 is 0. The van der Waals surface area contributed by atoms with Crippen molar-refractivity contribution in [1.82, 2.24) is 4.90 Å². The van der Waals surface area contributed by atoms with Crippen LogP contribution in [0.1, 0.15) is 64.2 Å². The third kappa shape index (κ3) is 4.53. The van der Waals surface area contributed by atoms with Gasteiger partial charge in [-0.2, -0.15) is 0 Å². The molecule has 2 aromatic rings. The average Bonchev–Trinajstić information content (AvgIpc) is 3.10. The molecule has 0 N–H and O–H groups in total. The molecule has 170 valence electrons. The molecule has 2 aromatic carbocycles. The van der Waals surface area contributed by atoms with E-state index in [1.165, 1.54) is 39.1 Å². The molecule has 4 rings (SSSR count). The third-order valence-corrected chi connectivity index (χ3v) is 7.01. The lowest BCUT2D eigenvalue weighted by Crippen LogP contribution is -2.30. The molecule has 2 heteroatoms. The Kier molecular flexibility index (Phi) is 6.83. The largest absolute Gasteiger partial charge is 0.326 e. The van der Waals surface area contributed by atoms with Crippen LogP contribution >= 0.6 is 0 Å². The molecule has 0 saturated carbocycles. The predicted molar refractivity (Wildman–Crippen MR) is 142 cm³/mol. The van der Waals surface area contributed by atoms with Crippen LogP contribution in [-0.2, 0) is 12.0 Å². The van der Waals surface area contributed by atoms with Crippen molar-refractivity contribution >= 4 is 11.4 Å². The van der Waals surface area contributed by atoms with Gasteiger partial charge < -0.3 is 4.90 Å². The molecule has 0 aromatic heterocycles. The van der Waals surface area contributed by atoms with Gasteiger partial charge in [0.2, 0.25) is 0 Å². The van der Waals surface area contributed by atoms with E-state index >= 15 is 0 Å². The Morgan fingerprint density at radius 2 is 1.67 bits per heavy atom. The number of allylic oxidation sites excluding steroid dienone is 6. The summed E-state index contributed by atoms with van der Waals surface area (Å²) in [4.78, 5) is 7.49. The first-order chi connectivity index (χ1) is 15.9. The lowest BCUT2D eigenvalue weighted by molar-refractivity contribution is 0.571. The predicted octanol–water partition coefficient (Wildman–Crippen LogP) is 7.85. The van der Waals surface area contributed by atoms with Gasteiger partial charge >= 0.3 is 0 Å². The number of hydrogen-bond donors (Lipinski definition) is 0. The number of benzene rings is 2. The van der Waals surface area contributed by atoms with Gasteiger partial charge in [-0.25, -0.2) is 0 Å². The van der Waals surface area contributed by atoms with Crippen molar-refractivity contribution in [2.24, 2.45) is 4.99 Å². The van der Waals surface area contributed by atoms with Gasteiger partial charge in [-0.3, -0.25) is 4.99 Å². The van der Waals surface area contributed by atoms with Crippen molar-refractivity contribution in [1.29, 1.82) is 0 Å². The standard InChI is InChI=1S/C31H36N2/c1-6-27-29(26-19-13-14-20-28(26)31(27,4)5)30-23(2)16-10-7-8-15-21-33(30)24(3)32-22-25-17-11-9-12-18-25/h7-15,17-20H,6,16,21-22H2,1-5H3/b10-7-,15-8-,30-23-,32-24?. The second-order valence-corrected chi connectivity index (χ2v) is 9.53. The summed E-state index contributed by atoms with van der Waals surface area (Å²) in [6.45, 7) is 13.0. The topological polar surface area (TPSA) is 15.6 Å². The third-order valence-electron chi connectivity index (χ3n) is 7.01. The molecule has 0 atom stereocenters. The van der Waals surface area contributed by atoms with Gasteiger partial charge in [-0.05, 0) is 49.0 Å². The summed E-state index contributed by atoms with van der Waals surface area (Å²) < 4.78 is 0. The van der Waals surface area contributed by atoms with Gasteiger partial charge in [0.1, 0.15) is 5.84 Å². The monoisotopic (exact) mass is 436 g/mol. The SMILES string of the molecule is CCC1=C(/C2=C(\C)C/C=C\C=C/CN2C(C)=NCc2ccccc2)c2ccccc2C1(C)C. The van der Waals surface area contributed by atoms with Crippen molar-refractivity contribution < 1.29 is 0 Å². The van der Waals surface area contributed by atoms with E-state index in [0.717, 1.165) is 25.2 Å². The van der Waals surface area contributed by atoms with E-state index in [1.54, 1.807) is 0 Å². The van der Waals surface area contributed by atoms with Crippen LogP contribution in [0.25, 0.3) is 5.57 Å². The molecular weight excluding hydrogens is 400 g/mol. The first-order valence-corrected chi connectivity index (χ1v) is 12.1. The van der Waals surface area contributed by atoms with Crippen LogP contribution in [0.2, 0.25) is 0 Å². The Bertz CT molecular complexity index is 1160. The van der Waals surface area contributed by atoms with Crippen molar-refractivity contribution in [2.75, 3.05) is 6.54 Å². The molecule has 0 spiro atoms. The van der Waals surface area contributed by atoms with Crippen LogP contribution in [0.15, 0.2) is 101 Å². The highest BCUT2D eigenvalue weighted by molar-refractivity contribution is 5.94. The fraction of sp³-hybridized carbons (Fsp3) is 0.323. The average molecular weight is 437 g/mol. The highest BCUT2D eigenvalue weighted by Gasteiger charge is 2.39. The maximum Gasteiger partial charge on any atom is 0.101 e. The van der Waals surface area contributed by atoms with Gasteiger partial charge in [0.05, 0.1) is 6.54 Å². The molecule has 2 aliphatic rings. The summed E-state index contributed by atoms with van der Waals surface area (Å²) in [7, 11) is 0. The molecule has 33 heavy (non-hydrogen) atoms. The summed E-state index contributed by atoms with van der Waals surface area (Å²) in [6, 6.07) is 19.5. The Hall–Kier alpha value is -3.13. The highest BCUT2D eigenvalue weighted by Crippen LogP contribution is 2.51. The zero-order chi connectivity index (χ0) is 23.4. The molecule has 0 unspecified atom stereocenters. The van der Waals surface area contributed by atoms with Crippen LogP contribution in [0.5, 0.6) is 0 Å². The molecule has 0 saturated heterocycles. The number of fused-ring (bicyclic) bond motifs is 1. The summed E-state index contributed by atoms with van der Waals surface area (Å²) in [5, 5.41) is 0. The first kappa shape index (κ1) is 23.0. The Labute approximate surface area is 199 Å². The number of amidine groups is 1. The van der Waals surface area contributed by atoms with Crippen LogP contribution in [0, 0.1) is 0 Å². The minimum absolute atomic E-state index is 0.0266. The number of aliphatic imine (C=N–C) groups is 1. The van der Waals surface area contributed by atoms with E-state index in [4.69, 9.17) is 4.99 Å². The van der Waals surface area contributed by atoms with Gasteiger partial charge in [0.15, 0.2) is 0 Å². The fourth-order valence-corrected chi connectivity index (χ4v) is 5.28. The minimum Gasteiger partial charge on any atom is -0.326 e. The molecule has 2 nitrogen and oxygen atoms in total. The Morgan fingerprint density at radius 1 is 0.970 bits per heavy atom. The second-order valence-electron chi connectivity index (χ2n) is 9.53. The van der Waals surface area contributed by atoms with E-state index in [2.05, 4.69) is 118 Å². The number of rotatable bonds is 4. The number of nitrogens with zero attached hydrogens (tertiary/aromatic N) is 2. The fourth-order valence-electron chi connectivity index (χ4n) is 5.28. The maximum atomic E-state index is 5.05. The van der Waals surface area contributed by atoms with Crippen molar-refractivity contribution in [2.45, 2.75) is 59.4 Å². The van der Waals surface area contributed by atoms with Crippen LogP contribution < -0.4 is 0 Å². The zero-order valence-corrected chi connectivity index (χ0v) is 20.7. The van der Waals surface area contributed by atoms with E-state index in [0.29, 0.717) is 6.54 Å². The molecule has 1 aliphatic carbocycles. The molecule has 1 heterocycles. The normalized spacial score (nSPS) is 22.5.